The zero-order valence-corrected chi connectivity index (χ0v) is 7.23. The lowest BCUT2D eigenvalue weighted by molar-refractivity contribution is -0.349. The zero-order valence-electron chi connectivity index (χ0n) is 6.41. The highest BCUT2D eigenvalue weighted by Gasteiger charge is 2.77. The Morgan fingerprint density at radius 1 is 1.25 bits per heavy atom. The average Bonchev–Trinajstić information content (AvgIpc) is 1.86. The Bertz CT molecular complexity index is 184. The minimum atomic E-state index is -3.94. The van der Waals surface area contributed by atoms with E-state index < -0.39 is 30.2 Å². The first kappa shape index (κ1) is 12.0. The van der Waals surface area contributed by atoms with Crippen molar-refractivity contribution in [2.45, 2.75) is 25.2 Å². The maximum Gasteiger partial charge on any atom is 0.316 e. The first-order valence-electron chi connectivity index (χ1n) is 3.22. The predicted octanol–water partition coefficient (Wildman–Crippen LogP) is 2.05. The molecule has 0 aromatic carbocycles. The van der Waals surface area contributed by atoms with Crippen LogP contribution >= 0.6 is 12.4 Å². The molecule has 12 heavy (non-hydrogen) atoms. The van der Waals surface area contributed by atoms with Crippen molar-refractivity contribution in [2.75, 3.05) is 6.54 Å². The molecule has 1 fully saturated rings. The van der Waals surface area contributed by atoms with Gasteiger partial charge in [0.1, 0.15) is 0 Å². The summed E-state index contributed by atoms with van der Waals surface area (Å²) in [5.74, 6) is -7.80. The van der Waals surface area contributed by atoms with Crippen LogP contribution in [-0.2, 0) is 0 Å². The normalized spacial score (nSPS) is 36.5. The molecule has 1 rings (SSSR count). The fraction of sp³-hybridized carbons (Fsp3) is 1.00. The smallest absolute Gasteiger partial charge is 0.316 e. The Balaban J connectivity index is 0.00000121. The first-order valence-corrected chi connectivity index (χ1v) is 3.22. The van der Waals surface area contributed by atoms with E-state index in [-0.39, 0.29) is 12.4 Å². The van der Waals surface area contributed by atoms with E-state index in [1.807, 2.05) is 0 Å². The van der Waals surface area contributed by atoms with Gasteiger partial charge >= 0.3 is 11.8 Å². The van der Waals surface area contributed by atoms with Gasteiger partial charge in [-0.2, -0.15) is 17.6 Å². The Morgan fingerprint density at radius 2 is 1.67 bits per heavy atom. The Kier molecular flexibility index (Phi) is 2.73. The lowest BCUT2D eigenvalue weighted by Crippen LogP contribution is -2.67. The summed E-state index contributed by atoms with van der Waals surface area (Å²) < 4.78 is 49.5. The number of hydrogen-bond acceptors (Lipinski definition) is 1. The molecular weight excluding hydrogens is 198 g/mol. The summed E-state index contributed by atoms with van der Waals surface area (Å²) in [6.45, 7) is 0.667. The lowest BCUT2D eigenvalue weighted by atomic mass is 9.64. The second kappa shape index (κ2) is 2.73. The van der Waals surface area contributed by atoms with Crippen LogP contribution < -0.4 is 5.73 Å². The number of rotatable bonds is 1. The van der Waals surface area contributed by atoms with Crippen molar-refractivity contribution in [3.8, 4) is 0 Å². The quantitative estimate of drug-likeness (QED) is 0.655. The van der Waals surface area contributed by atoms with E-state index in [2.05, 4.69) is 0 Å². The van der Waals surface area contributed by atoms with Gasteiger partial charge in [0.2, 0.25) is 0 Å². The SMILES string of the molecule is CC1(CN)CC(F)(F)C1(F)F.Cl. The average molecular weight is 208 g/mol. The minimum absolute atomic E-state index is 0. The number of nitrogens with two attached hydrogens (primary N) is 1. The molecule has 0 aromatic rings. The minimum Gasteiger partial charge on any atom is -0.330 e. The third-order valence-electron chi connectivity index (χ3n) is 2.28. The summed E-state index contributed by atoms with van der Waals surface area (Å²) in [5, 5.41) is 0. The summed E-state index contributed by atoms with van der Waals surface area (Å²) in [7, 11) is 0. The summed E-state index contributed by atoms with van der Waals surface area (Å²) in [5.41, 5.74) is 3.24. The van der Waals surface area contributed by atoms with E-state index in [4.69, 9.17) is 5.73 Å². The van der Waals surface area contributed by atoms with Crippen LogP contribution in [-0.4, -0.2) is 18.4 Å². The first-order chi connectivity index (χ1) is 4.77. The Hall–Kier alpha value is -0.0300. The maximum atomic E-state index is 12.5. The predicted molar refractivity (Wildman–Crippen MR) is 38.9 cm³/mol. The summed E-state index contributed by atoms with van der Waals surface area (Å²) in [6.07, 6.45) is -0.816. The third-order valence-corrected chi connectivity index (χ3v) is 2.28. The largest absolute Gasteiger partial charge is 0.330 e. The number of alkyl halides is 4. The van der Waals surface area contributed by atoms with Crippen molar-refractivity contribution in [1.29, 1.82) is 0 Å². The molecule has 2 N–H and O–H groups in total. The van der Waals surface area contributed by atoms with Gasteiger partial charge in [-0.3, -0.25) is 0 Å². The highest BCUT2D eigenvalue weighted by molar-refractivity contribution is 5.85. The van der Waals surface area contributed by atoms with Crippen molar-refractivity contribution in [1.82, 2.24) is 0 Å². The van der Waals surface area contributed by atoms with Crippen LogP contribution in [0.3, 0.4) is 0 Å². The van der Waals surface area contributed by atoms with Crippen molar-refractivity contribution >= 4 is 12.4 Å². The molecule has 1 nitrogen and oxygen atoms in total. The van der Waals surface area contributed by atoms with Crippen LogP contribution in [0, 0.1) is 5.41 Å². The summed E-state index contributed by atoms with van der Waals surface area (Å²) in [6, 6.07) is 0. The van der Waals surface area contributed by atoms with Gasteiger partial charge in [0.05, 0.1) is 5.41 Å². The van der Waals surface area contributed by atoms with Crippen molar-refractivity contribution in [2.24, 2.45) is 11.1 Å². The lowest BCUT2D eigenvalue weighted by Gasteiger charge is -2.51. The van der Waals surface area contributed by atoms with E-state index in [9.17, 15) is 17.6 Å². The molecule has 6 heteroatoms. The number of hydrogen-bond donors (Lipinski definition) is 1. The monoisotopic (exact) mass is 207 g/mol. The van der Waals surface area contributed by atoms with Crippen LogP contribution in [0.1, 0.15) is 13.3 Å². The van der Waals surface area contributed by atoms with Gasteiger partial charge in [-0.05, 0) is 0 Å². The number of halogens is 5. The molecule has 1 aliphatic carbocycles. The molecule has 1 saturated carbocycles. The molecule has 0 bridgehead atoms. The molecule has 0 saturated heterocycles. The molecule has 0 aliphatic heterocycles. The molecular formula is C6H10ClF4N. The second-order valence-corrected chi connectivity index (χ2v) is 3.22. The van der Waals surface area contributed by atoms with Crippen molar-refractivity contribution < 1.29 is 17.6 Å². The van der Waals surface area contributed by atoms with Crippen LogP contribution in [0.25, 0.3) is 0 Å². The van der Waals surface area contributed by atoms with E-state index in [0.717, 1.165) is 6.92 Å². The zero-order chi connectivity index (χ0) is 8.91. The van der Waals surface area contributed by atoms with Gasteiger partial charge in [-0.25, -0.2) is 0 Å². The van der Waals surface area contributed by atoms with Crippen LogP contribution in [0.5, 0.6) is 0 Å². The Morgan fingerprint density at radius 3 is 1.75 bits per heavy atom. The van der Waals surface area contributed by atoms with E-state index in [0.29, 0.717) is 0 Å². The Labute approximate surface area is 73.7 Å². The molecule has 0 amide bonds. The molecule has 1 aliphatic rings. The van der Waals surface area contributed by atoms with Gasteiger partial charge in [0.25, 0.3) is 0 Å². The third kappa shape index (κ3) is 1.10. The molecule has 1 unspecified atom stereocenters. The van der Waals surface area contributed by atoms with Gasteiger partial charge in [-0.15, -0.1) is 12.4 Å². The molecule has 0 heterocycles. The molecule has 74 valence electrons. The van der Waals surface area contributed by atoms with E-state index in [1.165, 1.54) is 0 Å². The second-order valence-electron chi connectivity index (χ2n) is 3.22. The highest BCUT2D eigenvalue weighted by Crippen LogP contribution is 2.62. The van der Waals surface area contributed by atoms with Crippen LogP contribution in [0.4, 0.5) is 17.6 Å². The van der Waals surface area contributed by atoms with E-state index in [1.54, 1.807) is 0 Å². The van der Waals surface area contributed by atoms with Gasteiger partial charge < -0.3 is 5.73 Å². The van der Waals surface area contributed by atoms with E-state index >= 15 is 0 Å². The molecule has 0 aromatic heterocycles. The standard InChI is InChI=1S/C6H9F4N.ClH/c1-4(3-11)2-5(7,8)6(4,9)10;/h2-3,11H2,1H3;1H. The fourth-order valence-corrected chi connectivity index (χ4v) is 1.25. The molecule has 1 atom stereocenters. The summed E-state index contributed by atoms with van der Waals surface area (Å²) >= 11 is 0. The molecule has 0 spiro atoms. The van der Waals surface area contributed by atoms with Gasteiger partial charge in [-0.1, -0.05) is 6.92 Å². The van der Waals surface area contributed by atoms with Gasteiger partial charge in [0, 0.05) is 13.0 Å². The maximum absolute atomic E-state index is 12.5. The van der Waals surface area contributed by atoms with Crippen molar-refractivity contribution in [3.05, 3.63) is 0 Å². The highest BCUT2D eigenvalue weighted by atomic mass is 35.5. The fourth-order valence-electron chi connectivity index (χ4n) is 1.25. The topological polar surface area (TPSA) is 26.0 Å². The van der Waals surface area contributed by atoms with Crippen molar-refractivity contribution in [3.63, 3.8) is 0 Å². The van der Waals surface area contributed by atoms with Crippen LogP contribution in [0.15, 0.2) is 0 Å². The molecule has 0 radical (unpaired) electrons. The summed E-state index contributed by atoms with van der Waals surface area (Å²) in [4.78, 5) is 0. The van der Waals surface area contributed by atoms with Gasteiger partial charge in [0.15, 0.2) is 0 Å². The van der Waals surface area contributed by atoms with Crippen LogP contribution in [0.2, 0.25) is 0 Å².